The van der Waals surface area contributed by atoms with Crippen LogP contribution in [0, 0.1) is 11.8 Å². The molecule has 0 aromatic heterocycles. The molecule has 1 amide bonds. The fourth-order valence-corrected chi connectivity index (χ4v) is 2.03. The average molecular weight is 250 g/mol. The van der Waals surface area contributed by atoms with Gasteiger partial charge in [0.05, 0.1) is 11.7 Å². The maximum atomic E-state index is 11.6. The average Bonchev–Trinajstić information content (AvgIpc) is 2.11. The molecule has 0 saturated carbocycles. The van der Waals surface area contributed by atoms with Crippen LogP contribution in [0.25, 0.3) is 0 Å². The van der Waals surface area contributed by atoms with Gasteiger partial charge < -0.3 is 11.1 Å². The summed E-state index contributed by atoms with van der Waals surface area (Å²) in [6.45, 7) is 4.58. The quantitative estimate of drug-likeness (QED) is 0.611. The summed E-state index contributed by atoms with van der Waals surface area (Å²) in [6, 6.07) is 0. The maximum Gasteiger partial charge on any atom is 0.224 e. The van der Waals surface area contributed by atoms with Gasteiger partial charge in [-0.15, -0.1) is 0 Å². The van der Waals surface area contributed by atoms with Crippen molar-refractivity contribution in [2.75, 3.05) is 25.1 Å². The van der Waals surface area contributed by atoms with Crippen molar-refractivity contribution in [1.82, 2.24) is 5.32 Å². The normalized spacial score (nSPS) is 13.8. The molecule has 0 aliphatic heterocycles. The number of nitrogens with one attached hydrogen (secondary N) is 1. The fourth-order valence-electron chi connectivity index (χ4n) is 1.36. The molecule has 1 atom stereocenters. The van der Waals surface area contributed by atoms with E-state index in [1.54, 1.807) is 0 Å². The number of nitrogens with two attached hydrogens (primary N) is 1. The first-order chi connectivity index (χ1) is 7.28. The number of sulfone groups is 1. The molecular weight excluding hydrogens is 228 g/mol. The summed E-state index contributed by atoms with van der Waals surface area (Å²) in [5, 5.41) is 2.70. The van der Waals surface area contributed by atoms with E-state index in [0.29, 0.717) is 19.5 Å². The third-order valence-corrected chi connectivity index (χ3v) is 3.42. The monoisotopic (exact) mass is 250 g/mol. The van der Waals surface area contributed by atoms with Gasteiger partial charge in [-0.05, 0) is 12.3 Å². The molecular formula is C10H22N2O3S. The molecule has 5 nitrogen and oxygen atoms in total. The van der Waals surface area contributed by atoms with Crippen LogP contribution in [-0.2, 0) is 14.6 Å². The Kier molecular flexibility index (Phi) is 6.59. The summed E-state index contributed by atoms with van der Waals surface area (Å²) in [5.41, 5.74) is 5.49. The first-order valence-corrected chi connectivity index (χ1v) is 7.49. The maximum absolute atomic E-state index is 11.6. The summed E-state index contributed by atoms with van der Waals surface area (Å²) in [6.07, 6.45) is 1.63. The standard InChI is InChI=1S/C10H22N2O3S/c1-8(2)9(7-11)10(13)12-5-4-6-16(3,14)15/h8-9H,4-7,11H2,1-3H3,(H,12,13). The number of amides is 1. The van der Waals surface area contributed by atoms with Crippen LogP contribution in [-0.4, -0.2) is 39.4 Å². The first-order valence-electron chi connectivity index (χ1n) is 5.43. The molecule has 0 rings (SSSR count). The highest BCUT2D eigenvalue weighted by Crippen LogP contribution is 2.08. The SMILES string of the molecule is CC(C)C(CN)C(=O)NCCCS(C)(=O)=O. The summed E-state index contributed by atoms with van der Waals surface area (Å²) < 4.78 is 21.7. The molecule has 0 aliphatic rings. The van der Waals surface area contributed by atoms with Crippen LogP contribution in [0.15, 0.2) is 0 Å². The van der Waals surface area contributed by atoms with Gasteiger partial charge in [0, 0.05) is 19.3 Å². The van der Waals surface area contributed by atoms with Crippen LogP contribution >= 0.6 is 0 Å². The Balaban J connectivity index is 3.89. The fraction of sp³-hybridized carbons (Fsp3) is 0.900. The molecule has 0 aromatic carbocycles. The number of rotatable bonds is 7. The van der Waals surface area contributed by atoms with Gasteiger partial charge in [0.2, 0.25) is 5.91 Å². The van der Waals surface area contributed by atoms with Gasteiger partial charge in [0.25, 0.3) is 0 Å². The van der Waals surface area contributed by atoms with Crippen LogP contribution in [0.1, 0.15) is 20.3 Å². The van der Waals surface area contributed by atoms with E-state index in [4.69, 9.17) is 5.73 Å². The molecule has 0 saturated heterocycles. The Bertz CT molecular complexity index is 312. The number of hydrogen-bond acceptors (Lipinski definition) is 4. The summed E-state index contributed by atoms with van der Waals surface area (Å²) in [4.78, 5) is 11.6. The van der Waals surface area contributed by atoms with Gasteiger partial charge in [-0.1, -0.05) is 13.8 Å². The van der Waals surface area contributed by atoms with Crippen molar-refractivity contribution in [2.45, 2.75) is 20.3 Å². The summed E-state index contributed by atoms with van der Waals surface area (Å²) >= 11 is 0. The van der Waals surface area contributed by atoms with Crippen LogP contribution in [0.3, 0.4) is 0 Å². The zero-order chi connectivity index (χ0) is 12.8. The topological polar surface area (TPSA) is 89.3 Å². The zero-order valence-corrected chi connectivity index (χ0v) is 11.0. The van der Waals surface area contributed by atoms with Gasteiger partial charge in [0.15, 0.2) is 0 Å². The highest BCUT2D eigenvalue weighted by molar-refractivity contribution is 7.90. The highest BCUT2D eigenvalue weighted by Gasteiger charge is 2.19. The van der Waals surface area contributed by atoms with E-state index in [1.807, 2.05) is 13.8 Å². The minimum Gasteiger partial charge on any atom is -0.356 e. The van der Waals surface area contributed by atoms with Crippen molar-refractivity contribution in [1.29, 1.82) is 0 Å². The van der Waals surface area contributed by atoms with Crippen LogP contribution in [0.2, 0.25) is 0 Å². The van der Waals surface area contributed by atoms with E-state index >= 15 is 0 Å². The predicted octanol–water partition coefficient (Wildman–Crippen LogP) is -0.232. The van der Waals surface area contributed by atoms with Crippen molar-refractivity contribution in [2.24, 2.45) is 17.6 Å². The van der Waals surface area contributed by atoms with Gasteiger partial charge in [0.1, 0.15) is 9.84 Å². The molecule has 16 heavy (non-hydrogen) atoms. The molecule has 0 aromatic rings. The second-order valence-corrected chi connectivity index (χ2v) is 6.62. The Morgan fingerprint density at radius 2 is 1.94 bits per heavy atom. The second-order valence-electron chi connectivity index (χ2n) is 4.36. The summed E-state index contributed by atoms with van der Waals surface area (Å²) in [5.74, 6) is 0.00607. The predicted molar refractivity (Wildman–Crippen MR) is 64.7 cm³/mol. The Hall–Kier alpha value is -0.620. The van der Waals surface area contributed by atoms with Crippen LogP contribution in [0.4, 0.5) is 0 Å². The Labute approximate surface area is 97.7 Å². The number of carbonyl (C=O) groups is 1. The minimum absolute atomic E-state index is 0.0917. The van der Waals surface area contributed by atoms with Crippen molar-refractivity contribution < 1.29 is 13.2 Å². The van der Waals surface area contributed by atoms with Crippen molar-refractivity contribution in [3.8, 4) is 0 Å². The second kappa shape index (κ2) is 6.85. The third kappa shape index (κ3) is 6.79. The molecule has 0 radical (unpaired) electrons. The van der Waals surface area contributed by atoms with Crippen molar-refractivity contribution >= 4 is 15.7 Å². The zero-order valence-electron chi connectivity index (χ0n) is 10.2. The van der Waals surface area contributed by atoms with Crippen LogP contribution < -0.4 is 11.1 Å². The van der Waals surface area contributed by atoms with E-state index in [1.165, 1.54) is 6.26 Å². The van der Waals surface area contributed by atoms with Gasteiger partial charge in [-0.2, -0.15) is 0 Å². The van der Waals surface area contributed by atoms with Gasteiger partial charge >= 0.3 is 0 Å². The molecule has 1 unspecified atom stereocenters. The number of hydrogen-bond donors (Lipinski definition) is 2. The Morgan fingerprint density at radius 1 is 1.38 bits per heavy atom. The van der Waals surface area contributed by atoms with Gasteiger partial charge in [-0.25, -0.2) is 8.42 Å². The third-order valence-electron chi connectivity index (χ3n) is 2.39. The lowest BCUT2D eigenvalue weighted by Crippen LogP contribution is -2.38. The molecule has 0 aliphatic carbocycles. The largest absolute Gasteiger partial charge is 0.356 e. The van der Waals surface area contributed by atoms with Gasteiger partial charge in [-0.3, -0.25) is 4.79 Å². The lowest BCUT2D eigenvalue weighted by atomic mass is 9.95. The highest BCUT2D eigenvalue weighted by atomic mass is 32.2. The molecule has 0 fully saturated rings. The molecule has 6 heteroatoms. The van der Waals surface area contributed by atoms with E-state index < -0.39 is 9.84 Å². The van der Waals surface area contributed by atoms with Crippen molar-refractivity contribution in [3.05, 3.63) is 0 Å². The number of carbonyl (C=O) groups excluding carboxylic acids is 1. The molecule has 0 heterocycles. The van der Waals surface area contributed by atoms with E-state index in [-0.39, 0.29) is 23.5 Å². The lowest BCUT2D eigenvalue weighted by Gasteiger charge is -2.18. The molecule has 0 bridgehead atoms. The minimum atomic E-state index is -2.94. The summed E-state index contributed by atoms with van der Waals surface area (Å²) in [7, 11) is -2.94. The van der Waals surface area contributed by atoms with Crippen LogP contribution in [0.5, 0.6) is 0 Å². The molecule has 0 spiro atoms. The smallest absolute Gasteiger partial charge is 0.224 e. The van der Waals surface area contributed by atoms with E-state index in [2.05, 4.69) is 5.32 Å². The Morgan fingerprint density at radius 3 is 2.31 bits per heavy atom. The lowest BCUT2D eigenvalue weighted by molar-refractivity contribution is -0.125. The van der Waals surface area contributed by atoms with E-state index in [0.717, 1.165) is 0 Å². The van der Waals surface area contributed by atoms with Crippen molar-refractivity contribution in [3.63, 3.8) is 0 Å². The molecule has 3 N–H and O–H groups in total. The first kappa shape index (κ1) is 15.4. The molecule has 96 valence electrons. The van der Waals surface area contributed by atoms with E-state index in [9.17, 15) is 13.2 Å².